The fourth-order valence-electron chi connectivity index (χ4n) is 0.392. The molecule has 0 aliphatic heterocycles. The highest BCUT2D eigenvalue weighted by atomic mass is 19.1. The smallest absolute Gasteiger partial charge is 0.114 e. The zero-order valence-electron chi connectivity index (χ0n) is 6.19. The zero-order chi connectivity index (χ0) is 7.98. The molecule has 0 saturated heterocycles. The molecule has 0 bridgehead atoms. The maximum absolute atomic E-state index is 12.4. The van der Waals surface area contributed by atoms with Crippen molar-refractivity contribution in [3.8, 4) is 6.07 Å². The first-order valence-electron chi connectivity index (χ1n) is 3.03. The van der Waals surface area contributed by atoms with Crippen LogP contribution in [0.25, 0.3) is 0 Å². The molecule has 0 aromatic rings. The molecule has 0 saturated carbocycles. The highest BCUT2D eigenvalue weighted by Crippen LogP contribution is 2.02. The van der Waals surface area contributed by atoms with E-state index in [0.29, 0.717) is 0 Å². The SMILES string of the molecule is CC(C)=C/C=C(/F)CC#N. The topological polar surface area (TPSA) is 23.8 Å². The molecule has 0 amide bonds. The van der Waals surface area contributed by atoms with E-state index in [1.54, 1.807) is 12.1 Å². The van der Waals surface area contributed by atoms with Crippen molar-refractivity contribution in [2.24, 2.45) is 0 Å². The minimum Gasteiger partial charge on any atom is -0.211 e. The monoisotopic (exact) mass is 139 g/mol. The lowest BCUT2D eigenvalue weighted by Gasteiger charge is -1.84. The standard InChI is InChI=1S/C8H10FN/c1-7(2)3-4-8(9)5-6-10/h3-4H,5H2,1-2H3/b8-4+. The Morgan fingerprint density at radius 2 is 2.10 bits per heavy atom. The van der Waals surface area contributed by atoms with E-state index >= 15 is 0 Å². The third-order valence-corrected chi connectivity index (χ3v) is 0.845. The third kappa shape index (κ3) is 5.04. The van der Waals surface area contributed by atoms with Crippen molar-refractivity contribution in [3.05, 3.63) is 23.6 Å². The van der Waals surface area contributed by atoms with Gasteiger partial charge in [-0.15, -0.1) is 0 Å². The second-order valence-electron chi connectivity index (χ2n) is 2.19. The van der Waals surface area contributed by atoms with Gasteiger partial charge < -0.3 is 0 Å². The molecule has 0 aromatic carbocycles. The van der Waals surface area contributed by atoms with Crippen molar-refractivity contribution in [1.82, 2.24) is 0 Å². The molecule has 0 heterocycles. The van der Waals surface area contributed by atoms with Crippen molar-refractivity contribution in [3.63, 3.8) is 0 Å². The van der Waals surface area contributed by atoms with Crippen LogP contribution < -0.4 is 0 Å². The van der Waals surface area contributed by atoms with Gasteiger partial charge in [0.15, 0.2) is 0 Å². The van der Waals surface area contributed by atoms with Gasteiger partial charge in [0.25, 0.3) is 0 Å². The average molecular weight is 139 g/mol. The minimum atomic E-state index is -0.385. The second-order valence-corrected chi connectivity index (χ2v) is 2.19. The number of nitrogens with zero attached hydrogens (tertiary/aromatic N) is 1. The van der Waals surface area contributed by atoms with Crippen LogP contribution in [0.5, 0.6) is 0 Å². The number of rotatable bonds is 2. The highest BCUT2D eigenvalue weighted by Gasteiger charge is 1.88. The van der Waals surface area contributed by atoms with Gasteiger partial charge in [-0.3, -0.25) is 0 Å². The van der Waals surface area contributed by atoms with Crippen molar-refractivity contribution in [2.45, 2.75) is 20.3 Å². The van der Waals surface area contributed by atoms with E-state index in [9.17, 15) is 4.39 Å². The second kappa shape index (κ2) is 4.75. The van der Waals surface area contributed by atoms with Crippen LogP contribution in [0.4, 0.5) is 4.39 Å². The number of halogens is 1. The van der Waals surface area contributed by atoms with Gasteiger partial charge in [-0.25, -0.2) is 4.39 Å². The van der Waals surface area contributed by atoms with Gasteiger partial charge in [0, 0.05) is 0 Å². The van der Waals surface area contributed by atoms with E-state index in [1.165, 1.54) is 6.08 Å². The maximum Gasteiger partial charge on any atom is 0.114 e. The first-order chi connectivity index (χ1) is 4.66. The fourth-order valence-corrected chi connectivity index (χ4v) is 0.392. The lowest BCUT2D eigenvalue weighted by molar-refractivity contribution is 0.620. The van der Waals surface area contributed by atoms with Gasteiger partial charge in [0.05, 0.1) is 12.5 Å². The number of hydrogen-bond acceptors (Lipinski definition) is 1. The van der Waals surface area contributed by atoms with Gasteiger partial charge in [0.1, 0.15) is 5.83 Å². The first-order valence-corrected chi connectivity index (χ1v) is 3.03. The highest BCUT2D eigenvalue weighted by molar-refractivity contribution is 5.13. The molecule has 0 aromatic heterocycles. The van der Waals surface area contributed by atoms with Crippen LogP contribution in [0.3, 0.4) is 0 Å². The summed E-state index contributed by atoms with van der Waals surface area (Å²) in [5, 5.41) is 8.05. The van der Waals surface area contributed by atoms with E-state index in [0.717, 1.165) is 5.57 Å². The molecular weight excluding hydrogens is 129 g/mol. The minimum absolute atomic E-state index is 0.135. The lowest BCUT2D eigenvalue weighted by atomic mass is 10.3. The molecule has 0 spiro atoms. The fraction of sp³-hybridized carbons (Fsp3) is 0.375. The van der Waals surface area contributed by atoms with E-state index in [4.69, 9.17) is 5.26 Å². The Balaban J connectivity index is 3.95. The summed E-state index contributed by atoms with van der Waals surface area (Å²) in [4.78, 5) is 0. The van der Waals surface area contributed by atoms with Gasteiger partial charge in [-0.1, -0.05) is 11.6 Å². The zero-order valence-corrected chi connectivity index (χ0v) is 6.19. The summed E-state index contributed by atoms with van der Waals surface area (Å²) in [5.74, 6) is -0.385. The molecule has 0 radical (unpaired) electrons. The van der Waals surface area contributed by atoms with Gasteiger partial charge in [-0.05, 0) is 19.9 Å². The molecule has 0 aliphatic rings. The summed E-state index contributed by atoms with van der Waals surface area (Å²) in [6.45, 7) is 3.74. The Morgan fingerprint density at radius 3 is 2.50 bits per heavy atom. The van der Waals surface area contributed by atoms with Crippen molar-refractivity contribution >= 4 is 0 Å². The van der Waals surface area contributed by atoms with E-state index < -0.39 is 0 Å². The Bertz CT molecular complexity index is 192. The summed E-state index contributed by atoms with van der Waals surface area (Å²) in [7, 11) is 0. The molecule has 0 unspecified atom stereocenters. The van der Waals surface area contributed by atoms with E-state index in [1.807, 2.05) is 13.8 Å². The van der Waals surface area contributed by atoms with E-state index in [-0.39, 0.29) is 12.2 Å². The van der Waals surface area contributed by atoms with Crippen molar-refractivity contribution in [1.29, 1.82) is 5.26 Å². The van der Waals surface area contributed by atoms with Crippen molar-refractivity contribution < 1.29 is 4.39 Å². The molecule has 0 atom stereocenters. The Kier molecular flexibility index (Phi) is 4.23. The van der Waals surface area contributed by atoms with Crippen molar-refractivity contribution in [2.75, 3.05) is 0 Å². The molecule has 0 fully saturated rings. The molecule has 0 N–H and O–H groups in total. The predicted molar refractivity (Wildman–Crippen MR) is 38.9 cm³/mol. The molecule has 0 aliphatic carbocycles. The van der Waals surface area contributed by atoms with Crippen LogP contribution in [0.2, 0.25) is 0 Å². The van der Waals surface area contributed by atoms with Crippen LogP contribution in [0, 0.1) is 11.3 Å². The summed E-state index contributed by atoms with van der Waals surface area (Å²) in [6, 6.07) is 1.72. The number of allylic oxidation sites excluding steroid dienone is 4. The number of hydrogen-bond donors (Lipinski definition) is 0. The third-order valence-electron chi connectivity index (χ3n) is 0.845. The Labute approximate surface area is 60.5 Å². The average Bonchev–Trinajstić information content (AvgIpc) is 1.85. The molecule has 1 nitrogen and oxygen atoms in total. The number of nitriles is 1. The predicted octanol–water partition coefficient (Wildman–Crippen LogP) is 2.72. The maximum atomic E-state index is 12.4. The summed E-state index contributed by atoms with van der Waals surface area (Å²) in [6.07, 6.45) is 2.83. The van der Waals surface area contributed by atoms with Crippen LogP contribution >= 0.6 is 0 Å². The lowest BCUT2D eigenvalue weighted by Crippen LogP contribution is -1.69. The summed E-state index contributed by atoms with van der Waals surface area (Å²) in [5.41, 5.74) is 1.02. The normalized spacial score (nSPS) is 10.4. The Hall–Kier alpha value is -1.10. The largest absolute Gasteiger partial charge is 0.211 e. The summed E-state index contributed by atoms with van der Waals surface area (Å²) >= 11 is 0. The van der Waals surface area contributed by atoms with E-state index in [2.05, 4.69) is 0 Å². The summed E-state index contributed by atoms with van der Waals surface area (Å²) < 4.78 is 12.4. The molecular formula is C8H10FN. The van der Waals surface area contributed by atoms with Gasteiger partial charge >= 0.3 is 0 Å². The van der Waals surface area contributed by atoms with Crippen LogP contribution in [-0.2, 0) is 0 Å². The van der Waals surface area contributed by atoms with Crippen LogP contribution in [0.15, 0.2) is 23.6 Å². The molecule has 0 rings (SSSR count). The first kappa shape index (κ1) is 8.90. The van der Waals surface area contributed by atoms with Crippen LogP contribution in [0.1, 0.15) is 20.3 Å². The van der Waals surface area contributed by atoms with Gasteiger partial charge in [0.2, 0.25) is 0 Å². The van der Waals surface area contributed by atoms with Crippen LogP contribution in [-0.4, -0.2) is 0 Å². The van der Waals surface area contributed by atoms with Gasteiger partial charge in [-0.2, -0.15) is 5.26 Å². The Morgan fingerprint density at radius 1 is 1.50 bits per heavy atom. The molecule has 2 heteroatoms. The quantitative estimate of drug-likeness (QED) is 0.539. The molecule has 10 heavy (non-hydrogen) atoms. The molecule has 54 valence electrons.